The molecule has 0 N–H and O–H groups in total. The normalized spacial score (nSPS) is 11.4. The smallest absolute Gasteiger partial charge is 0.423 e. The van der Waals surface area contributed by atoms with Crippen molar-refractivity contribution in [1.82, 2.24) is 14.7 Å². The second-order valence-corrected chi connectivity index (χ2v) is 7.02. The molecule has 7 nitrogen and oxygen atoms in total. The summed E-state index contributed by atoms with van der Waals surface area (Å²) in [5, 5.41) is 4.64. The Hall–Kier alpha value is -3.48. The van der Waals surface area contributed by atoms with Crippen LogP contribution in [0.2, 0.25) is 0 Å². The molecule has 1 aromatic carbocycles. The summed E-state index contributed by atoms with van der Waals surface area (Å²) >= 11 is 0. The van der Waals surface area contributed by atoms with Crippen molar-refractivity contribution in [2.45, 2.75) is 33.2 Å². The lowest BCUT2D eigenvalue weighted by molar-refractivity contribution is 0.378. The number of rotatable bonds is 4. The molecular weight excluding hydrogens is 358 g/mol. The van der Waals surface area contributed by atoms with Gasteiger partial charge in [-0.25, -0.2) is 9.59 Å². The van der Waals surface area contributed by atoms with Crippen molar-refractivity contribution in [3.05, 3.63) is 80.3 Å². The van der Waals surface area contributed by atoms with Crippen molar-refractivity contribution in [3.8, 4) is 11.5 Å². The summed E-state index contributed by atoms with van der Waals surface area (Å²) in [6, 6.07) is 10.6. The van der Waals surface area contributed by atoms with E-state index in [2.05, 4.69) is 24.0 Å². The minimum absolute atomic E-state index is 0.122. The second-order valence-electron chi connectivity index (χ2n) is 7.02. The number of benzene rings is 1. The summed E-state index contributed by atoms with van der Waals surface area (Å²) in [6.45, 7) is 6.33. The number of pyridine rings is 1. The van der Waals surface area contributed by atoms with E-state index in [1.807, 2.05) is 19.1 Å². The lowest BCUT2D eigenvalue weighted by Gasteiger charge is -2.13. The molecule has 0 unspecified atom stereocenters. The lowest BCUT2D eigenvalue weighted by Crippen LogP contribution is -2.18. The first-order valence-electron chi connectivity index (χ1n) is 8.99. The highest BCUT2D eigenvalue weighted by atomic mass is 16.5. The number of fused-ring (bicyclic) bond motifs is 1. The van der Waals surface area contributed by atoms with E-state index in [0.29, 0.717) is 28.6 Å². The van der Waals surface area contributed by atoms with Crippen LogP contribution < -0.4 is 11.4 Å². The molecule has 0 aliphatic heterocycles. The Bertz CT molecular complexity index is 1270. The van der Waals surface area contributed by atoms with E-state index in [4.69, 9.17) is 8.94 Å². The van der Waals surface area contributed by atoms with E-state index in [0.717, 1.165) is 16.5 Å². The third-order valence-corrected chi connectivity index (χ3v) is 4.75. The van der Waals surface area contributed by atoms with Crippen LogP contribution in [0.15, 0.2) is 61.1 Å². The molecule has 0 bridgehead atoms. The van der Waals surface area contributed by atoms with Crippen LogP contribution in [0, 0.1) is 6.92 Å². The highest BCUT2D eigenvalue weighted by Crippen LogP contribution is 2.27. The molecule has 0 amide bonds. The van der Waals surface area contributed by atoms with Crippen LogP contribution in [0.5, 0.6) is 0 Å². The molecule has 28 heavy (non-hydrogen) atoms. The van der Waals surface area contributed by atoms with E-state index >= 15 is 0 Å². The molecule has 3 aromatic heterocycles. The van der Waals surface area contributed by atoms with Crippen LogP contribution >= 0.6 is 0 Å². The van der Waals surface area contributed by atoms with E-state index < -0.39 is 11.4 Å². The van der Waals surface area contributed by atoms with Gasteiger partial charge in [-0.3, -0.25) is 14.1 Å². The Kier molecular flexibility index (Phi) is 4.43. The molecule has 0 saturated heterocycles. The maximum atomic E-state index is 12.3. The summed E-state index contributed by atoms with van der Waals surface area (Å²) in [6.07, 6.45) is 1.61. The van der Waals surface area contributed by atoms with Crippen LogP contribution in [0.25, 0.3) is 22.5 Å². The zero-order chi connectivity index (χ0) is 19.8. The Morgan fingerprint density at radius 3 is 2.68 bits per heavy atom. The van der Waals surface area contributed by atoms with Crippen molar-refractivity contribution in [1.29, 1.82) is 0 Å². The van der Waals surface area contributed by atoms with Crippen molar-refractivity contribution in [2.24, 2.45) is 0 Å². The van der Waals surface area contributed by atoms with Gasteiger partial charge in [0.15, 0.2) is 0 Å². The second kappa shape index (κ2) is 6.92. The van der Waals surface area contributed by atoms with Gasteiger partial charge in [0.05, 0.1) is 6.54 Å². The number of hydrogen-bond donors (Lipinski definition) is 0. The van der Waals surface area contributed by atoms with Gasteiger partial charge in [0, 0.05) is 17.6 Å². The van der Waals surface area contributed by atoms with Crippen molar-refractivity contribution < 1.29 is 8.94 Å². The molecular formula is C21H19N3O4. The van der Waals surface area contributed by atoms with Gasteiger partial charge in [0.2, 0.25) is 5.82 Å². The predicted molar refractivity (Wildman–Crippen MR) is 104 cm³/mol. The molecule has 7 heteroatoms. The van der Waals surface area contributed by atoms with Crippen LogP contribution in [0.1, 0.15) is 36.5 Å². The molecule has 0 aliphatic rings. The van der Waals surface area contributed by atoms with E-state index in [9.17, 15) is 9.59 Å². The van der Waals surface area contributed by atoms with Crippen LogP contribution in [0.3, 0.4) is 0 Å². The van der Waals surface area contributed by atoms with Gasteiger partial charge < -0.3 is 4.42 Å². The summed E-state index contributed by atoms with van der Waals surface area (Å²) in [4.78, 5) is 28.6. The molecule has 0 saturated carbocycles. The Morgan fingerprint density at radius 2 is 1.96 bits per heavy atom. The monoisotopic (exact) mass is 377 g/mol. The van der Waals surface area contributed by atoms with Gasteiger partial charge in [-0.15, -0.1) is 0 Å². The zero-order valence-electron chi connectivity index (χ0n) is 15.8. The van der Waals surface area contributed by atoms with E-state index in [-0.39, 0.29) is 6.54 Å². The average Bonchev–Trinajstić information content (AvgIpc) is 3.02. The highest BCUT2D eigenvalue weighted by Gasteiger charge is 2.17. The maximum absolute atomic E-state index is 12.3. The van der Waals surface area contributed by atoms with Gasteiger partial charge in [0.25, 0.3) is 0 Å². The predicted octanol–water partition coefficient (Wildman–Crippen LogP) is 3.48. The fourth-order valence-electron chi connectivity index (χ4n) is 3.40. The number of aryl methyl sites for hydroxylation is 1. The van der Waals surface area contributed by atoms with E-state index in [1.165, 1.54) is 10.6 Å². The Labute approximate surface area is 160 Å². The molecule has 4 aromatic rings. The fourth-order valence-corrected chi connectivity index (χ4v) is 3.40. The van der Waals surface area contributed by atoms with Crippen molar-refractivity contribution >= 4 is 11.0 Å². The molecule has 142 valence electrons. The Morgan fingerprint density at radius 1 is 1.14 bits per heavy atom. The topological polar surface area (TPSA) is 91.1 Å². The SMILES string of the molecule is Cc1cc2oc(=O)cc(Cn3c(-c4ccccn4)noc3=O)c2cc1C(C)C. The molecule has 0 spiro atoms. The highest BCUT2D eigenvalue weighted by molar-refractivity contribution is 5.82. The molecule has 0 fully saturated rings. The molecule has 3 heterocycles. The average molecular weight is 377 g/mol. The maximum Gasteiger partial charge on any atom is 0.442 e. The van der Waals surface area contributed by atoms with Crippen molar-refractivity contribution in [3.63, 3.8) is 0 Å². The third kappa shape index (κ3) is 3.15. The molecule has 0 radical (unpaired) electrons. The summed E-state index contributed by atoms with van der Waals surface area (Å²) in [7, 11) is 0. The Balaban J connectivity index is 1.90. The van der Waals surface area contributed by atoms with Gasteiger partial charge in [-0.1, -0.05) is 25.1 Å². The van der Waals surface area contributed by atoms with Gasteiger partial charge in [-0.05, 0) is 53.8 Å². The van der Waals surface area contributed by atoms with Gasteiger partial charge in [-0.2, -0.15) is 0 Å². The minimum atomic E-state index is -0.613. The lowest BCUT2D eigenvalue weighted by atomic mass is 9.95. The number of nitrogens with zero attached hydrogens (tertiary/aromatic N) is 3. The summed E-state index contributed by atoms with van der Waals surface area (Å²) in [5.74, 6) is 0.00740. The first kappa shape index (κ1) is 17.9. The van der Waals surface area contributed by atoms with Gasteiger partial charge in [0.1, 0.15) is 11.3 Å². The minimum Gasteiger partial charge on any atom is -0.423 e. The zero-order valence-corrected chi connectivity index (χ0v) is 15.8. The standard InChI is InChI=1S/C21H19N3O4/c1-12(2)15-10-16-14(9-19(25)27-18(16)8-13(15)3)11-24-20(23-28-21(24)26)17-6-4-5-7-22-17/h4-10,12H,11H2,1-3H3. The van der Waals surface area contributed by atoms with E-state index in [1.54, 1.807) is 24.4 Å². The van der Waals surface area contributed by atoms with Crippen molar-refractivity contribution in [2.75, 3.05) is 0 Å². The van der Waals surface area contributed by atoms with Crippen LogP contribution in [0.4, 0.5) is 0 Å². The molecule has 0 atom stereocenters. The largest absolute Gasteiger partial charge is 0.442 e. The number of hydrogen-bond acceptors (Lipinski definition) is 6. The fraction of sp³-hybridized carbons (Fsp3) is 0.238. The van der Waals surface area contributed by atoms with Gasteiger partial charge >= 0.3 is 11.4 Å². The van der Waals surface area contributed by atoms with Crippen LogP contribution in [-0.2, 0) is 6.54 Å². The first-order chi connectivity index (χ1) is 13.4. The summed E-state index contributed by atoms with van der Waals surface area (Å²) < 4.78 is 11.6. The first-order valence-corrected chi connectivity index (χ1v) is 8.99. The quantitative estimate of drug-likeness (QED) is 0.506. The molecule has 4 rings (SSSR count). The third-order valence-electron chi connectivity index (χ3n) is 4.75. The van der Waals surface area contributed by atoms with Crippen LogP contribution in [-0.4, -0.2) is 14.7 Å². The summed E-state index contributed by atoms with van der Waals surface area (Å²) in [5.41, 5.74) is 3.41. The molecule has 0 aliphatic carbocycles. The number of aromatic nitrogens is 3.